The molecule has 1 N–H and O–H groups in total. The zero-order valence-corrected chi connectivity index (χ0v) is 16.6. The number of amides is 1. The number of aromatic nitrogens is 3. The predicted octanol–water partition coefficient (Wildman–Crippen LogP) is 4.07. The van der Waals surface area contributed by atoms with Gasteiger partial charge in [0.15, 0.2) is 0 Å². The lowest BCUT2D eigenvalue weighted by atomic mass is 10.0. The molecule has 162 valence electrons. The number of nitrogens with zero attached hydrogens (tertiary/aromatic N) is 3. The van der Waals surface area contributed by atoms with E-state index in [1.165, 1.54) is 12.1 Å². The second kappa shape index (κ2) is 8.79. The normalized spacial score (nSPS) is 16.5. The Kier molecular flexibility index (Phi) is 5.92. The van der Waals surface area contributed by atoms with Crippen LogP contribution in [0.5, 0.6) is 5.75 Å². The van der Waals surface area contributed by atoms with Crippen LogP contribution in [0, 0.1) is 0 Å². The van der Waals surface area contributed by atoms with Crippen molar-refractivity contribution < 1.29 is 22.7 Å². The number of alkyl halides is 3. The van der Waals surface area contributed by atoms with Gasteiger partial charge in [-0.1, -0.05) is 12.1 Å². The molecule has 0 bridgehead atoms. The van der Waals surface area contributed by atoms with E-state index >= 15 is 0 Å². The summed E-state index contributed by atoms with van der Waals surface area (Å²) in [4.78, 5) is 18.4. The maximum Gasteiger partial charge on any atom is 0.416 e. The number of H-pyrrole nitrogens is 1. The fourth-order valence-corrected chi connectivity index (χ4v) is 3.60. The summed E-state index contributed by atoms with van der Waals surface area (Å²) >= 11 is 0. The molecule has 1 atom stereocenters. The molecule has 9 heteroatoms. The maximum atomic E-state index is 12.8. The van der Waals surface area contributed by atoms with Crippen LogP contribution in [-0.4, -0.2) is 45.7 Å². The summed E-state index contributed by atoms with van der Waals surface area (Å²) in [6.07, 6.45) is -1.51. The first-order valence-corrected chi connectivity index (χ1v) is 9.95. The van der Waals surface area contributed by atoms with Crippen LogP contribution in [0.25, 0.3) is 0 Å². The number of rotatable bonds is 6. The standard InChI is InChI=1S/C22H21F3N4O2/c23-22(24,25)16-4-3-5-18(12-16)31-11-8-17-13-20(28-27-17)15-7-10-29(14-15)21(30)19-6-1-2-9-26-19/h1-6,9,12-13,15H,7-8,10-11,14H2,(H,27,28)/t15-/m0/s1. The van der Waals surface area contributed by atoms with Crippen LogP contribution in [-0.2, 0) is 12.6 Å². The Labute approximate surface area is 177 Å². The lowest BCUT2D eigenvalue weighted by Crippen LogP contribution is -2.29. The van der Waals surface area contributed by atoms with E-state index in [-0.39, 0.29) is 24.2 Å². The third-order valence-electron chi connectivity index (χ3n) is 5.23. The number of halogens is 3. The van der Waals surface area contributed by atoms with E-state index in [0.717, 1.165) is 29.9 Å². The highest BCUT2D eigenvalue weighted by molar-refractivity contribution is 5.92. The number of likely N-dealkylation sites (tertiary alicyclic amines) is 1. The van der Waals surface area contributed by atoms with E-state index in [1.54, 1.807) is 29.3 Å². The van der Waals surface area contributed by atoms with E-state index in [4.69, 9.17) is 4.74 Å². The van der Waals surface area contributed by atoms with Crippen molar-refractivity contribution in [2.45, 2.75) is 24.9 Å². The lowest BCUT2D eigenvalue weighted by molar-refractivity contribution is -0.137. The van der Waals surface area contributed by atoms with Gasteiger partial charge in [-0.15, -0.1) is 0 Å². The molecule has 1 fully saturated rings. The number of carbonyl (C=O) groups is 1. The van der Waals surface area contributed by atoms with E-state index < -0.39 is 11.7 Å². The Hall–Kier alpha value is -3.36. The average molecular weight is 430 g/mol. The number of benzene rings is 1. The molecule has 3 heterocycles. The van der Waals surface area contributed by atoms with Crippen molar-refractivity contribution in [3.05, 3.63) is 77.4 Å². The first-order valence-electron chi connectivity index (χ1n) is 9.95. The minimum Gasteiger partial charge on any atom is -0.493 e. The highest BCUT2D eigenvalue weighted by atomic mass is 19.4. The number of pyridine rings is 1. The van der Waals surface area contributed by atoms with Crippen molar-refractivity contribution in [3.63, 3.8) is 0 Å². The van der Waals surface area contributed by atoms with Gasteiger partial charge in [-0.2, -0.15) is 18.3 Å². The van der Waals surface area contributed by atoms with Gasteiger partial charge >= 0.3 is 6.18 Å². The van der Waals surface area contributed by atoms with Crippen LogP contribution in [0.1, 0.15) is 39.8 Å². The van der Waals surface area contributed by atoms with Crippen LogP contribution < -0.4 is 4.74 Å². The van der Waals surface area contributed by atoms with E-state index in [2.05, 4.69) is 15.2 Å². The summed E-state index contributed by atoms with van der Waals surface area (Å²) in [5.41, 5.74) is 1.39. The van der Waals surface area contributed by atoms with Crippen molar-refractivity contribution in [3.8, 4) is 5.75 Å². The summed E-state index contributed by atoms with van der Waals surface area (Å²) in [6.45, 7) is 1.43. The molecule has 0 saturated carbocycles. The van der Waals surface area contributed by atoms with E-state index in [9.17, 15) is 18.0 Å². The third-order valence-corrected chi connectivity index (χ3v) is 5.23. The molecular weight excluding hydrogens is 409 g/mol. The number of aromatic amines is 1. The van der Waals surface area contributed by atoms with Gasteiger partial charge in [-0.25, -0.2) is 0 Å². The van der Waals surface area contributed by atoms with E-state index in [0.29, 0.717) is 25.2 Å². The monoisotopic (exact) mass is 430 g/mol. The summed E-state index contributed by atoms with van der Waals surface area (Å²) in [7, 11) is 0. The largest absolute Gasteiger partial charge is 0.493 e. The maximum absolute atomic E-state index is 12.8. The van der Waals surface area contributed by atoms with Gasteiger partial charge in [-0.3, -0.25) is 14.9 Å². The molecule has 1 aliphatic rings. The second-order valence-corrected chi connectivity index (χ2v) is 7.39. The number of carbonyl (C=O) groups excluding carboxylic acids is 1. The van der Waals surface area contributed by atoms with Gasteiger partial charge in [0.05, 0.1) is 17.9 Å². The van der Waals surface area contributed by atoms with Crippen LogP contribution in [0.15, 0.2) is 54.7 Å². The van der Waals surface area contributed by atoms with Crippen molar-refractivity contribution in [1.29, 1.82) is 0 Å². The Bertz CT molecular complexity index is 1040. The number of ether oxygens (including phenoxy) is 1. The molecular formula is C22H21F3N4O2. The summed E-state index contributed by atoms with van der Waals surface area (Å²) in [5, 5.41) is 7.31. The fourth-order valence-electron chi connectivity index (χ4n) is 3.60. The zero-order chi connectivity index (χ0) is 21.8. The highest BCUT2D eigenvalue weighted by Crippen LogP contribution is 2.31. The molecule has 2 aromatic heterocycles. The van der Waals surface area contributed by atoms with Gasteiger partial charge in [0.25, 0.3) is 5.91 Å². The minimum absolute atomic E-state index is 0.0895. The molecule has 1 aliphatic heterocycles. The van der Waals surface area contributed by atoms with Crippen LogP contribution in [0.3, 0.4) is 0 Å². The quantitative estimate of drug-likeness (QED) is 0.640. The van der Waals surface area contributed by atoms with Crippen molar-refractivity contribution in [2.24, 2.45) is 0 Å². The number of hydrogen-bond donors (Lipinski definition) is 1. The summed E-state index contributed by atoms with van der Waals surface area (Å²) in [6, 6.07) is 12.0. The first kappa shape index (κ1) is 20.9. The molecule has 0 unspecified atom stereocenters. The Morgan fingerprint density at radius 2 is 2.06 bits per heavy atom. The van der Waals surface area contributed by atoms with Crippen LogP contribution in [0.2, 0.25) is 0 Å². The highest BCUT2D eigenvalue weighted by Gasteiger charge is 2.31. The van der Waals surface area contributed by atoms with Crippen molar-refractivity contribution in [2.75, 3.05) is 19.7 Å². The number of hydrogen-bond acceptors (Lipinski definition) is 4. The van der Waals surface area contributed by atoms with Gasteiger partial charge < -0.3 is 9.64 Å². The van der Waals surface area contributed by atoms with Crippen LogP contribution in [0.4, 0.5) is 13.2 Å². The molecule has 3 aromatic rings. The van der Waals surface area contributed by atoms with Gasteiger partial charge in [0.1, 0.15) is 11.4 Å². The minimum atomic E-state index is -4.40. The van der Waals surface area contributed by atoms with Gasteiger partial charge in [0.2, 0.25) is 0 Å². The van der Waals surface area contributed by atoms with Crippen LogP contribution >= 0.6 is 0 Å². The Morgan fingerprint density at radius 1 is 1.19 bits per heavy atom. The molecule has 6 nitrogen and oxygen atoms in total. The molecule has 1 saturated heterocycles. The molecule has 1 amide bonds. The van der Waals surface area contributed by atoms with Crippen molar-refractivity contribution >= 4 is 5.91 Å². The fraction of sp³-hybridized carbons (Fsp3) is 0.318. The molecule has 1 aromatic carbocycles. The molecule has 4 rings (SSSR count). The Morgan fingerprint density at radius 3 is 2.84 bits per heavy atom. The topological polar surface area (TPSA) is 71.1 Å². The third kappa shape index (κ3) is 5.04. The summed E-state index contributed by atoms with van der Waals surface area (Å²) in [5.74, 6) is 0.212. The van der Waals surface area contributed by atoms with Gasteiger partial charge in [-0.05, 0) is 42.8 Å². The molecule has 31 heavy (non-hydrogen) atoms. The van der Waals surface area contributed by atoms with Gasteiger partial charge in [0, 0.05) is 37.3 Å². The lowest BCUT2D eigenvalue weighted by Gasteiger charge is -2.15. The number of nitrogens with one attached hydrogen (secondary N) is 1. The second-order valence-electron chi connectivity index (χ2n) is 7.39. The Balaban J connectivity index is 1.30. The smallest absolute Gasteiger partial charge is 0.416 e. The zero-order valence-electron chi connectivity index (χ0n) is 16.6. The van der Waals surface area contributed by atoms with E-state index in [1.807, 2.05) is 6.07 Å². The summed E-state index contributed by atoms with van der Waals surface area (Å²) < 4.78 is 43.8. The average Bonchev–Trinajstić information content (AvgIpc) is 3.43. The predicted molar refractivity (Wildman–Crippen MR) is 107 cm³/mol. The molecule has 0 aliphatic carbocycles. The molecule has 0 spiro atoms. The van der Waals surface area contributed by atoms with Crippen molar-refractivity contribution in [1.82, 2.24) is 20.1 Å². The molecule has 0 radical (unpaired) electrons. The first-order chi connectivity index (χ1) is 14.9. The SMILES string of the molecule is O=C(c1ccccn1)N1CC[C@H](c2cc(CCOc3cccc(C(F)(F)F)c3)[nH]n2)C1.